The molecule has 2 aromatic rings. The number of carbonyl (C=O) groups is 1. The van der Waals surface area contributed by atoms with Crippen molar-refractivity contribution >= 4 is 22.7 Å². The zero-order valence-corrected chi connectivity index (χ0v) is 19.4. The van der Waals surface area contributed by atoms with Crippen molar-refractivity contribution in [2.24, 2.45) is 7.05 Å². The van der Waals surface area contributed by atoms with E-state index in [1.807, 2.05) is 45.2 Å². The van der Waals surface area contributed by atoms with Crippen molar-refractivity contribution < 1.29 is 19.0 Å². The molecule has 2 heterocycles. The Morgan fingerprint density at radius 1 is 1.25 bits per heavy atom. The van der Waals surface area contributed by atoms with Gasteiger partial charge in [0, 0.05) is 36.6 Å². The van der Waals surface area contributed by atoms with Gasteiger partial charge in [0.25, 0.3) is 0 Å². The normalized spacial score (nSPS) is 18.4. The molecule has 1 aromatic heterocycles. The Kier molecular flexibility index (Phi) is 8.25. The van der Waals surface area contributed by atoms with Gasteiger partial charge in [-0.15, -0.1) is 0 Å². The topological polar surface area (TPSA) is 65.0 Å². The van der Waals surface area contributed by atoms with Crippen LogP contribution in [0.3, 0.4) is 0 Å². The first-order chi connectivity index (χ1) is 15.5. The van der Waals surface area contributed by atoms with Crippen molar-refractivity contribution in [3.63, 3.8) is 0 Å². The molecule has 3 rings (SSSR count). The number of hydrogen-bond donors (Lipinski definition) is 1. The molecule has 1 aliphatic heterocycles. The van der Waals surface area contributed by atoms with Gasteiger partial charge in [-0.3, -0.25) is 0 Å². The van der Waals surface area contributed by atoms with E-state index < -0.39 is 0 Å². The summed E-state index contributed by atoms with van der Waals surface area (Å²) in [6.45, 7) is 8.41. The Hall–Kier alpha value is -3.35. The molecule has 1 aromatic carbocycles. The molecule has 1 amide bonds. The average molecular weight is 440 g/mol. The van der Waals surface area contributed by atoms with Crippen LogP contribution in [-0.2, 0) is 27.8 Å². The molecular weight excluding hydrogens is 406 g/mol. The standard InChI is InChI=1S/C25H33N3O4/c1-5-12-28(25(29)31-6-2)18-20-17-27(4)24-16-22(9-10-23(20)24)26-21-8-7-19(3)32-15-14-30-13-11-21/h7-11,13,16-17,26H,5-6,12,14-15,18H2,1-4H3/b13-11+,19-7+,21-8+. The number of rotatable bonds is 7. The van der Waals surface area contributed by atoms with E-state index in [1.54, 1.807) is 11.2 Å². The van der Waals surface area contributed by atoms with Crippen LogP contribution in [-0.4, -0.2) is 41.9 Å². The van der Waals surface area contributed by atoms with E-state index in [0.717, 1.165) is 40.0 Å². The van der Waals surface area contributed by atoms with Crippen molar-refractivity contribution in [2.45, 2.75) is 33.7 Å². The van der Waals surface area contributed by atoms with Gasteiger partial charge in [0.15, 0.2) is 0 Å². The van der Waals surface area contributed by atoms with Gasteiger partial charge in [0.2, 0.25) is 0 Å². The summed E-state index contributed by atoms with van der Waals surface area (Å²) in [5.41, 5.74) is 4.03. The summed E-state index contributed by atoms with van der Waals surface area (Å²) in [7, 11) is 2.02. The number of hydrogen-bond acceptors (Lipinski definition) is 5. The van der Waals surface area contributed by atoms with Crippen LogP contribution in [0.5, 0.6) is 0 Å². The largest absolute Gasteiger partial charge is 0.498 e. The minimum absolute atomic E-state index is 0.270. The molecule has 32 heavy (non-hydrogen) atoms. The minimum Gasteiger partial charge on any atom is -0.498 e. The summed E-state index contributed by atoms with van der Waals surface area (Å²) in [5.74, 6) is 0.837. The summed E-state index contributed by atoms with van der Waals surface area (Å²) in [5, 5.41) is 4.56. The summed E-state index contributed by atoms with van der Waals surface area (Å²) in [4.78, 5) is 14.1. The molecule has 0 bridgehead atoms. The summed E-state index contributed by atoms with van der Waals surface area (Å²) in [6.07, 6.45) is 10.2. The number of aryl methyl sites for hydroxylation is 1. The van der Waals surface area contributed by atoms with Crippen molar-refractivity contribution in [1.82, 2.24) is 9.47 Å². The highest BCUT2D eigenvalue weighted by Crippen LogP contribution is 2.26. The number of aromatic nitrogens is 1. The first kappa shape index (κ1) is 23.3. The first-order valence-electron chi connectivity index (χ1n) is 11.1. The van der Waals surface area contributed by atoms with E-state index >= 15 is 0 Å². The van der Waals surface area contributed by atoms with Crippen LogP contribution in [0.15, 0.2) is 60.3 Å². The van der Waals surface area contributed by atoms with E-state index in [4.69, 9.17) is 14.2 Å². The van der Waals surface area contributed by atoms with Gasteiger partial charge in [-0.1, -0.05) is 13.0 Å². The number of nitrogens with one attached hydrogen (secondary N) is 1. The maximum atomic E-state index is 12.3. The third-order valence-corrected chi connectivity index (χ3v) is 5.11. The maximum Gasteiger partial charge on any atom is 0.410 e. The minimum atomic E-state index is -0.270. The lowest BCUT2D eigenvalue weighted by atomic mass is 10.1. The highest BCUT2D eigenvalue weighted by Gasteiger charge is 2.17. The number of ether oxygens (including phenoxy) is 3. The van der Waals surface area contributed by atoms with Gasteiger partial charge < -0.3 is 29.0 Å². The third-order valence-electron chi connectivity index (χ3n) is 5.11. The number of benzene rings is 1. The van der Waals surface area contributed by atoms with Crippen LogP contribution in [0, 0.1) is 0 Å². The Balaban J connectivity index is 1.84. The van der Waals surface area contributed by atoms with Crippen LogP contribution in [0.4, 0.5) is 10.5 Å². The molecule has 0 saturated carbocycles. The summed E-state index contributed by atoms with van der Waals surface area (Å²) < 4.78 is 18.3. The molecule has 0 atom stereocenters. The number of carbonyl (C=O) groups excluding carboxylic acids is 1. The smallest absolute Gasteiger partial charge is 0.410 e. The fraction of sp³-hybridized carbons (Fsp3) is 0.400. The third kappa shape index (κ3) is 6.09. The first-order valence-corrected chi connectivity index (χ1v) is 11.1. The average Bonchev–Trinajstić information content (AvgIpc) is 3.08. The molecule has 0 spiro atoms. The fourth-order valence-electron chi connectivity index (χ4n) is 3.60. The number of nitrogens with zero attached hydrogens (tertiary/aromatic N) is 2. The second kappa shape index (κ2) is 11.3. The molecular formula is C25H33N3O4. The van der Waals surface area contributed by atoms with Gasteiger partial charge in [0.1, 0.15) is 13.2 Å². The zero-order valence-electron chi connectivity index (χ0n) is 19.4. The Morgan fingerprint density at radius 3 is 2.88 bits per heavy atom. The lowest BCUT2D eigenvalue weighted by molar-refractivity contribution is 0.105. The van der Waals surface area contributed by atoms with Crippen molar-refractivity contribution in [1.29, 1.82) is 0 Å². The second-order valence-corrected chi connectivity index (χ2v) is 7.66. The Labute approximate surface area is 189 Å². The summed E-state index contributed by atoms with van der Waals surface area (Å²) >= 11 is 0. The lowest BCUT2D eigenvalue weighted by Gasteiger charge is -2.21. The van der Waals surface area contributed by atoms with Crippen molar-refractivity contribution in [3.8, 4) is 0 Å². The van der Waals surface area contributed by atoms with Crippen LogP contribution in [0.25, 0.3) is 10.9 Å². The molecule has 0 saturated heterocycles. The number of allylic oxidation sites excluding steroid dienone is 4. The number of amides is 1. The Morgan fingerprint density at radius 2 is 2.09 bits per heavy atom. The van der Waals surface area contributed by atoms with Crippen LogP contribution < -0.4 is 5.32 Å². The van der Waals surface area contributed by atoms with Gasteiger partial charge in [0.05, 0.1) is 30.7 Å². The van der Waals surface area contributed by atoms with Gasteiger partial charge in [-0.25, -0.2) is 4.79 Å². The second-order valence-electron chi connectivity index (χ2n) is 7.66. The molecule has 0 unspecified atom stereocenters. The van der Waals surface area contributed by atoms with Gasteiger partial charge >= 0.3 is 6.09 Å². The van der Waals surface area contributed by atoms with Crippen molar-refractivity contribution in [3.05, 3.63) is 65.9 Å². The highest BCUT2D eigenvalue weighted by atomic mass is 16.6. The number of anilines is 1. The molecule has 1 N–H and O–H groups in total. The molecule has 7 nitrogen and oxygen atoms in total. The SMILES string of the molecule is CCCN(Cc1cn(C)c2cc(NC3=C/C=C(\C)OCCO\C=C\3)ccc12)C(=O)OCC. The molecule has 0 fully saturated rings. The van der Waals surface area contributed by atoms with E-state index in [1.165, 1.54) is 0 Å². The zero-order chi connectivity index (χ0) is 22.9. The highest BCUT2D eigenvalue weighted by molar-refractivity contribution is 5.87. The maximum absolute atomic E-state index is 12.3. The van der Waals surface area contributed by atoms with Crippen LogP contribution in [0.2, 0.25) is 0 Å². The lowest BCUT2D eigenvalue weighted by Crippen LogP contribution is -2.31. The van der Waals surface area contributed by atoms with Crippen LogP contribution >= 0.6 is 0 Å². The molecule has 172 valence electrons. The fourth-order valence-corrected chi connectivity index (χ4v) is 3.60. The molecule has 0 aliphatic carbocycles. The monoisotopic (exact) mass is 439 g/mol. The van der Waals surface area contributed by atoms with E-state index in [9.17, 15) is 4.79 Å². The van der Waals surface area contributed by atoms with Gasteiger partial charge in [-0.2, -0.15) is 0 Å². The molecule has 7 heteroatoms. The predicted molar refractivity (Wildman–Crippen MR) is 127 cm³/mol. The molecule has 0 radical (unpaired) electrons. The van der Waals surface area contributed by atoms with E-state index in [0.29, 0.717) is 32.9 Å². The number of fused-ring (bicyclic) bond motifs is 1. The predicted octanol–water partition coefficient (Wildman–Crippen LogP) is 5.31. The van der Waals surface area contributed by atoms with Gasteiger partial charge in [-0.05, 0) is 56.2 Å². The summed E-state index contributed by atoms with van der Waals surface area (Å²) in [6, 6.07) is 6.24. The van der Waals surface area contributed by atoms with E-state index in [-0.39, 0.29) is 6.09 Å². The van der Waals surface area contributed by atoms with Crippen LogP contribution in [0.1, 0.15) is 32.8 Å². The molecule has 1 aliphatic rings. The van der Waals surface area contributed by atoms with Crippen molar-refractivity contribution in [2.75, 3.05) is 31.7 Å². The van der Waals surface area contributed by atoms with E-state index in [2.05, 4.69) is 35.1 Å². The Bertz CT molecular complexity index is 1020. The quantitative estimate of drug-likeness (QED) is 0.634.